The number of hydrogen-bond donors (Lipinski definition) is 1. The Morgan fingerprint density at radius 3 is 2.42 bits per heavy atom. The Labute approximate surface area is 123 Å². The van der Waals surface area contributed by atoms with Crippen molar-refractivity contribution in [1.82, 2.24) is 9.80 Å². The summed E-state index contributed by atoms with van der Waals surface area (Å²) >= 11 is 11.8. The van der Waals surface area contributed by atoms with Crippen LogP contribution in [0.2, 0.25) is 10.0 Å². The predicted molar refractivity (Wildman–Crippen MR) is 78.9 cm³/mol. The maximum absolute atomic E-state index is 12.4. The van der Waals surface area contributed by atoms with Gasteiger partial charge < -0.3 is 15.5 Å². The third kappa shape index (κ3) is 3.14. The van der Waals surface area contributed by atoms with Crippen LogP contribution in [0.3, 0.4) is 0 Å². The highest BCUT2D eigenvalue weighted by Gasteiger charge is 2.22. The second-order valence-corrected chi connectivity index (χ2v) is 5.37. The highest BCUT2D eigenvalue weighted by Crippen LogP contribution is 2.29. The van der Waals surface area contributed by atoms with Crippen LogP contribution in [0.25, 0.3) is 0 Å². The van der Waals surface area contributed by atoms with E-state index in [9.17, 15) is 4.79 Å². The Morgan fingerprint density at radius 2 is 1.89 bits per heavy atom. The van der Waals surface area contributed by atoms with E-state index in [1.807, 2.05) is 4.90 Å². The zero-order valence-corrected chi connectivity index (χ0v) is 12.3. The van der Waals surface area contributed by atoms with Crippen LogP contribution in [0.5, 0.6) is 0 Å². The third-order valence-electron chi connectivity index (χ3n) is 3.41. The summed E-state index contributed by atoms with van der Waals surface area (Å²) in [5.74, 6) is -0.0407. The first kappa shape index (κ1) is 14.4. The number of likely N-dealkylation sites (N-methyl/N-ethyl adjacent to an activating group) is 1. The molecule has 6 heteroatoms. The van der Waals surface area contributed by atoms with E-state index in [2.05, 4.69) is 11.8 Å². The van der Waals surface area contributed by atoms with E-state index in [0.29, 0.717) is 21.3 Å². The van der Waals surface area contributed by atoms with Crippen LogP contribution < -0.4 is 5.73 Å². The summed E-state index contributed by atoms with van der Waals surface area (Å²) in [6.07, 6.45) is 0. The Bertz CT molecular complexity index is 462. The van der Waals surface area contributed by atoms with E-state index < -0.39 is 0 Å². The molecule has 104 valence electrons. The minimum Gasteiger partial charge on any atom is -0.397 e. The van der Waals surface area contributed by atoms with Gasteiger partial charge in [0.15, 0.2) is 0 Å². The zero-order valence-electron chi connectivity index (χ0n) is 10.8. The van der Waals surface area contributed by atoms with Gasteiger partial charge in [-0.05, 0) is 18.7 Å². The standard InChI is InChI=1S/C13H17Cl2N3O/c1-2-17-3-5-18(6-4-17)13(19)9-7-10(14)12(15)11(16)8-9/h7-8H,2-6,16H2,1H3. The van der Waals surface area contributed by atoms with E-state index in [0.717, 1.165) is 32.7 Å². The van der Waals surface area contributed by atoms with Crippen LogP contribution in [0.4, 0.5) is 5.69 Å². The van der Waals surface area contributed by atoms with Crippen molar-refractivity contribution >= 4 is 34.8 Å². The molecule has 19 heavy (non-hydrogen) atoms. The second kappa shape index (κ2) is 5.99. The molecule has 1 saturated heterocycles. The summed E-state index contributed by atoms with van der Waals surface area (Å²) in [6.45, 7) is 6.40. The van der Waals surface area contributed by atoms with Crippen LogP contribution in [-0.2, 0) is 0 Å². The topological polar surface area (TPSA) is 49.6 Å². The van der Waals surface area contributed by atoms with Crippen molar-refractivity contribution in [3.8, 4) is 0 Å². The largest absolute Gasteiger partial charge is 0.397 e. The smallest absolute Gasteiger partial charge is 0.254 e. The van der Waals surface area contributed by atoms with Gasteiger partial charge in [0.1, 0.15) is 0 Å². The molecule has 1 aliphatic heterocycles. The fraction of sp³-hybridized carbons (Fsp3) is 0.462. The molecule has 1 amide bonds. The lowest BCUT2D eigenvalue weighted by molar-refractivity contribution is 0.0643. The summed E-state index contributed by atoms with van der Waals surface area (Å²) < 4.78 is 0. The highest BCUT2D eigenvalue weighted by molar-refractivity contribution is 6.43. The van der Waals surface area contributed by atoms with Gasteiger partial charge in [0.2, 0.25) is 0 Å². The number of rotatable bonds is 2. The van der Waals surface area contributed by atoms with Crippen molar-refractivity contribution in [1.29, 1.82) is 0 Å². The van der Waals surface area contributed by atoms with Crippen LogP contribution in [0.15, 0.2) is 12.1 Å². The molecule has 0 bridgehead atoms. The molecule has 1 aromatic rings. The van der Waals surface area contributed by atoms with Gasteiger partial charge in [-0.25, -0.2) is 0 Å². The molecule has 0 aromatic heterocycles. The fourth-order valence-electron chi connectivity index (χ4n) is 2.18. The van der Waals surface area contributed by atoms with Gasteiger partial charge in [-0.2, -0.15) is 0 Å². The van der Waals surface area contributed by atoms with Gasteiger partial charge in [-0.15, -0.1) is 0 Å². The maximum atomic E-state index is 12.4. The van der Waals surface area contributed by atoms with Gasteiger partial charge in [-0.1, -0.05) is 30.1 Å². The number of amides is 1. The zero-order chi connectivity index (χ0) is 14.0. The molecule has 1 fully saturated rings. The molecule has 2 N–H and O–H groups in total. The minimum absolute atomic E-state index is 0.0407. The molecule has 4 nitrogen and oxygen atoms in total. The van der Waals surface area contributed by atoms with E-state index in [4.69, 9.17) is 28.9 Å². The lowest BCUT2D eigenvalue weighted by Crippen LogP contribution is -2.48. The molecule has 0 saturated carbocycles. The van der Waals surface area contributed by atoms with Crippen molar-refractivity contribution in [3.05, 3.63) is 27.7 Å². The third-order valence-corrected chi connectivity index (χ3v) is 4.23. The van der Waals surface area contributed by atoms with Crippen LogP contribution in [0, 0.1) is 0 Å². The first-order chi connectivity index (χ1) is 9.02. The average molecular weight is 302 g/mol. The van der Waals surface area contributed by atoms with E-state index in [-0.39, 0.29) is 5.91 Å². The molecule has 0 aliphatic carbocycles. The molecule has 0 atom stereocenters. The number of carbonyl (C=O) groups is 1. The maximum Gasteiger partial charge on any atom is 0.254 e. The Balaban J connectivity index is 2.12. The van der Waals surface area contributed by atoms with Crippen molar-refractivity contribution in [3.63, 3.8) is 0 Å². The van der Waals surface area contributed by atoms with Crippen molar-refractivity contribution in [2.75, 3.05) is 38.5 Å². The lowest BCUT2D eigenvalue weighted by Gasteiger charge is -2.34. The Hall–Kier alpha value is -0.970. The molecule has 0 spiro atoms. The number of hydrogen-bond acceptors (Lipinski definition) is 3. The molecule has 0 radical (unpaired) electrons. The summed E-state index contributed by atoms with van der Waals surface area (Å²) in [6, 6.07) is 3.16. The van der Waals surface area contributed by atoms with Crippen molar-refractivity contribution < 1.29 is 4.79 Å². The first-order valence-corrected chi connectivity index (χ1v) is 7.04. The van der Waals surface area contributed by atoms with E-state index in [1.54, 1.807) is 12.1 Å². The van der Waals surface area contributed by atoms with Crippen LogP contribution >= 0.6 is 23.2 Å². The Kier molecular flexibility index (Phi) is 4.55. The highest BCUT2D eigenvalue weighted by atomic mass is 35.5. The minimum atomic E-state index is -0.0407. The second-order valence-electron chi connectivity index (χ2n) is 4.59. The number of nitrogens with two attached hydrogens (primary N) is 1. The molecular weight excluding hydrogens is 285 g/mol. The van der Waals surface area contributed by atoms with Crippen molar-refractivity contribution in [2.24, 2.45) is 0 Å². The fourth-order valence-corrected chi connectivity index (χ4v) is 2.52. The number of carbonyl (C=O) groups excluding carboxylic acids is 1. The van der Waals surface area contributed by atoms with Gasteiger partial charge in [-0.3, -0.25) is 4.79 Å². The summed E-state index contributed by atoms with van der Waals surface area (Å²) in [4.78, 5) is 16.5. The van der Waals surface area contributed by atoms with Gasteiger partial charge in [0.25, 0.3) is 5.91 Å². The predicted octanol–water partition coefficient (Wildman–Crippen LogP) is 2.35. The number of halogens is 2. The number of piperazine rings is 1. The SMILES string of the molecule is CCN1CCN(C(=O)c2cc(N)c(Cl)c(Cl)c2)CC1. The summed E-state index contributed by atoms with van der Waals surface area (Å²) in [5, 5.41) is 0.617. The molecule has 1 aromatic carbocycles. The van der Waals surface area contributed by atoms with E-state index >= 15 is 0 Å². The van der Waals surface area contributed by atoms with Crippen molar-refractivity contribution in [2.45, 2.75) is 6.92 Å². The molecule has 1 aliphatic rings. The summed E-state index contributed by atoms with van der Waals surface area (Å²) in [5.41, 5.74) is 6.57. The quantitative estimate of drug-likeness (QED) is 0.853. The molecular formula is C13H17Cl2N3O. The monoisotopic (exact) mass is 301 g/mol. The number of nitrogens with zero attached hydrogens (tertiary/aromatic N) is 2. The number of nitrogen functional groups attached to an aromatic ring is 1. The van der Waals surface area contributed by atoms with E-state index in [1.165, 1.54) is 0 Å². The Morgan fingerprint density at radius 1 is 1.26 bits per heavy atom. The molecule has 0 unspecified atom stereocenters. The van der Waals surface area contributed by atoms with Gasteiger partial charge in [0.05, 0.1) is 15.7 Å². The lowest BCUT2D eigenvalue weighted by atomic mass is 10.1. The molecule has 1 heterocycles. The normalized spacial score (nSPS) is 16.7. The number of anilines is 1. The summed E-state index contributed by atoms with van der Waals surface area (Å²) in [7, 11) is 0. The molecule has 2 rings (SSSR count). The first-order valence-electron chi connectivity index (χ1n) is 6.29. The van der Waals surface area contributed by atoms with Crippen LogP contribution in [-0.4, -0.2) is 48.4 Å². The van der Waals surface area contributed by atoms with Gasteiger partial charge in [0, 0.05) is 31.7 Å². The van der Waals surface area contributed by atoms with Crippen LogP contribution in [0.1, 0.15) is 17.3 Å². The number of benzene rings is 1. The average Bonchev–Trinajstić information content (AvgIpc) is 2.43. The van der Waals surface area contributed by atoms with Gasteiger partial charge >= 0.3 is 0 Å².